The fourth-order valence-electron chi connectivity index (χ4n) is 2.15. The van der Waals surface area contributed by atoms with E-state index in [4.69, 9.17) is 5.11 Å². The summed E-state index contributed by atoms with van der Waals surface area (Å²) < 4.78 is 0. The van der Waals surface area contributed by atoms with E-state index in [9.17, 15) is 4.79 Å². The molecule has 0 saturated carbocycles. The molecule has 1 saturated heterocycles. The van der Waals surface area contributed by atoms with Gasteiger partial charge >= 0.3 is 5.97 Å². The molecule has 1 heterocycles. The molecule has 1 aliphatic heterocycles. The minimum Gasteiger partial charge on any atom is -0.481 e. The average molecular weight is 234 g/mol. The van der Waals surface area contributed by atoms with Crippen LogP contribution in [0.4, 0.5) is 0 Å². The van der Waals surface area contributed by atoms with Crippen molar-refractivity contribution >= 4 is 5.97 Å². The van der Waals surface area contributed by atoms with E-state index in [0.29, 0.717) is 0 Å². The standard InChI is InChI=1S/C13H18N2O2/c16-12(17)8-13(9-14-10-13)15-7-6-11-4-2-1-3-5-11/h1-5,14-15H,6-10H2,(H,16,17). The second-order valence-corrected chi connectivity index (χ2v) is 4.62. The van der Waals surface area contributed by atoms with E-state index >= 15 is 0 Å². The summed E-state index contributed by atoms with van der Waals surface area (Å²) in [6.45, 7) is 2.31. The van der Waals surface area contributed by atoms with Crippen LogP contribution in [0.1, 0.15) is 12.0 Å². The minimum absolute atomic E-state index is 0.189. The van der Waals surface area contributed by atoms with Gasteiger partial charge in [-0.25, -0.2) is 0 Å². The van der Waals surface area contributed by atoms with Gasteiger partial charge in [0, 0.05) is 13.1 Å². The van der Waals surface area contributed by atoms with Gasteiger partial charge in [-0.15, -0.1) is 0 Å². The summed E-state index contributed by atoms with van der Waals surface area (Å²) in [5.74, 6) is -0.737. The fraction of sp³-hybridized carbons (Fsp3) is 0.462. The predicted octanol–water partition coefficient (Wildman–Crippen LogP) is 0.635. The number of nitrogens with one attached hydrogen (secondary N) is 2. The first-order valence-electron chi connectivity index (χ1n) is 5.92. The highest BCUT2D eigenvalue weighted by atomic mass is 16.4. The van der Waals surface area contributed by atoms with Crippen molar-refractivity contribution in [3.05, 3.63) is 35.9 Å². The van der Waals surface area contributed by atoms with Crippen molar-refractivity contribution in [3.8, 4) is 0 Å². The lowest BCUT2D eigenvalue weighted by Gasteiger charge is -2.42. The Bertz CT molecular complexity index is 374. The third-order valence-corrected chi connectivity index (χ3v) is 3.17. The number of aliphatic carboxylic acids is 1. The van der Waals surface area contributed by atoms with Gasteiger partial charge in [-0.2, -0.15) is 0 Å². The van der Waals surface area contributed by atoms with Crippen molar-refractivity contribution in [1.29, 1.82) is 0 Å². The molecular weight excluding hydrogens is 216 g/mol. The Morgan fingerprint density at radius 3 is 2.59 bits per heavy atom. The topological polar surface area (TPSA) is 61.4 Å². The van der Waals surface area contributed by atoms with Crippen LogP contribution in [-0.2, 0) is 11.2 Å². The molecule has 0 radical (unpaired) electrons. The van der Waals surface area contributed by atoms with Gasteiger partial charge in [-0.05, 0) is 18.5 Å². The lowest BCUT2D eigenvalue weighted by molar-refractivity contribution is -0.139. The van der Waals surface area contributed by atoms with E-state index in [1.54, 1.807) is 0 Å². The van der Waals surface area contributed by atoms with Crippen molar-refractivity contribution < 1.29 is 9.90 Å². The van der Waals surface area contributed by atoms with Crippen LogP contribution in [0.15, 0.2) is 30.3 Å². The quantitative estimate of drug-likeness (QED) is 0.676. The number of carboxylic acids is 1. The summed E-state index contributed by atoms with van der Waals surface area (Å²) in [5, 5.41) is 15.4. The molecule has 0 atom stereocenters. The molecule has 0 aliphatic carbocycles. The number of rotatable bonds is 6. The van der Waals surface area contributed by atoms with Crippen molar-refractivity contribution in [2.45, 2.75) is 18.4 Å². The third kappa shape index (κ3) is 3.28. The van der Waals surface area contributed by atoms with Crippen LogP contribution in [0, 0.1) is 0 Å². The molecule has 1 aromatic rings. The SMILES string of the molecule is O=C(O)CC1(NCCc2ccccc2)CNC1. The summed E-state index contributed by atoms with van der Waals surface area (Å²) in [6.07, 6.45) is 1.12. The van der Waals surface area contributed by atoms with Crippen molar-refractivity contribution in [3.63, 3.8) is 0 Å². The maximum Gasteiger partial charge on any atom is 0.305 e. The summed E-state index contributed by atoms with van der Waals surface area (Å²) in [6, 6.07) is 10.2. The molecule has 0 spiro atoms. The van der Waals surface area contributed by atoms with Gasteiger partial charge in [0.2, 0.25) is 0 Å². The van der Waals surface area contributed by atoms with Crippen LogP contribution in [0.25, 0.3) is 0 Å². The van der Waals surface area contributed by atoms with Crippen LogP contribution >= 0.6 is 0 Å². The molecule has 0 amide bonds. The largest absolute Gasteiger partial charge is 0.481 e. The van der Waals surface area contributed by atoms with Crippen LogP contribution in [0.5, 0.6) is 0 Å². The minimum atomic E-state index is -0.737. The number of benzene rings is 1. The zero-order valence-electron chi connectivity index (χ0n) is 9.78. The number of hydrogen-bond acceptors (Lipinski definition) is 3. The Labute approximate surface area is 101 Å². The van der Waals surface area contributed by atoms with E-state index in [1.807, 2.05) is 18.2 Å². The lowest BCUT2D eigenvalue weighted by atomic mass is 9.88. The normalized spacial score (nSPS) is 17.4. The van der Waals surface area contributed by atoms with Crippen LogP contribution < -0.4 is 10.6 Å². The Balaban J connectivity index is 1.79. The second-order valence-electron chi connectivity index (χ2n) is 4.62. The highest BCUT2D eigenvalue weighted by Crippen LogP contribution is 2.15. The molecule has 3 N–H and O–H groups in total. The number of hydrogen-bond donors (Lipinski definition) is 3. The summed E-state index contributed by atoms with van der Waals surface area (Å²) in [4.78, 5) is 10.8. The van der Waals surface area contributed by atoms with Gasteiger partial charge < -0.3 is 15.7 Å². The molecule has 1 aromatic carbocycles. The number of carbonyl (C=O) groups is 1. The predicted molar refractivity (Wildman–Crippen MR) is 66.0 cm³/mol. The van der Waals surface area contributed by atoms with E-state index < -0.39 is 5.97 Å². The molecule has 2 rings (SSSR count). The lowest BCUT2D eigenvalue weighted by Crippen LogP contribution is -2.68. The highest BCUT2D eigenvalue weighted by molar-refractivity contribution is 5.68. The zero-order chi connectivity index (χ0) is 12.1. The maximum absolute atomic E-state index is 10.8. The summed E-state index contributed by atoms with van der Waals surface area (Å²) in [7, 11) is 0. The molecule has 0 aromatic heterocycles. The van der Waals surface area contributed by atoms with Crippen molar-refractivity contribution in [2.24, 2.45) is 0 Å². The highest BCUT2D eigenvalue weighted by Gasteiger charge is 2.38. The Morgan fingerprint density at radius 1 is 1.35 bits per heavy atom. The third-order valence-electron chi connectivity index (χ3n) is 3.17. The van der Waals surface area contributed by atoms with Crippen molar-refractivity contribution in [1.82, 2.24) is 10.6 Å². The fourth-order valence-corrected chi connectivity index (χ4v) is 2.15. The van der Waals surface area contributed by atoms with Crippen LogP contribution in [0.2, 0.25) is 0 Å². The molecule has 1 fully saturated rings. The monoisotopic (exact) mass is 234 g/mol. The van der Waals surface area contributed by atoms with Gasteiger partial charge in [0.05, 0.1) is 12.0 Å². The van der Waals surface area contributed by atoms with Crippen LogP contribution in [-0.4, -0.2) is 36.2 Å². The molecule has 92 valence electrons. The van der Waals surface area contributed by atoms with E-state index in [2.05, 4.69) is 22.8 Å². The van der Waals surface area contributed by atoms with Gasteiger partial charge in [0.1, 0.15) is 0 Å². The van der Waals surface area contributed by atoms with E-state index in [1.165, 1.54) is 5.56 Å². The summed E-state index contributed by atoms with van der Waals surface area (Å²) >= 11 is 0. The molecule has 4 heteroatoms. The molecule has 0 bridgehead atoms. The zero-order valence-corrected chi connectivity index (χ0v) is 9.78. The van der Waals surface area contributed by atoms with Gasteiger partial charge in [0.25, 0.3) is 0 Å². The summed E-state index contributed by atoms with van der Waals surface area (Å²) in [5.41, 5.74) is 1.04. The Hall–Kier alpha value is -1.39. The molecule has 4 nitrogen and oxygen atoms in total. The van der Waals surface area contributed by atoms with Gasteiger partial charge in [0.15, 0.2) is 0 Å². The average Bonchev–Trinajstić information content (AvgIpc) is 2.26. The Morgan fingerprint density at radius 2 is 2.06 bits per heavy atom. The van der Waals surface area contributed by atoms with E-state index in [0.717, 1.165) is 26.1 Å². The number of carboxylic acid groups (broad SMARTS) is 1. The van der Waals surface area contributed by atoms with E-state index in [-0.39, 0.29) is 12.0 Å². The van der Waals surface area contributed by atoms with Crippen molar-refractivity contribution in [2.75, 3.05) is 19.6 Å². The Kier molecular flexibility index (Phi) is 3.76. The molecular formula is C13H18N2O2. The first-order chi connectivity index (χ1) is 8.20. The van der Waals surface area contributed by atoms with Gasteiger partial charge in [-0.1, -0.05) is 30.3 Å². The second kappa shape index (κ2) is 5.29. The van der Waals surface area contributed by atoms with Crippen LogP contribution in [0.3, 0.4) is 0 Å². The smallest absolute Gasteiger partial charge is 0.305 e. The first-order valence-corrected chi connectivity index (χ1v) is 5.92. The molecule has 1 aliphatic rings. The molecule has 0 unspecified atom stereocenters. The van der Waals surface area contributed by atoms with Gasteiger partial charge in [-0.3, -0.25) is 4.79 Å². The first kappa shape index (κ1) is 12.1. The maximum atomic E-state index is 10.8. The molecule has 17 heavy (non-hydrogen) atoms.